The number of para-hydroxylation sites is 2. The SMILES string of the molecule is Cc1ccc(C2CC(CCc3c[nH]c4ccccc34)=NN2c2ccccc2)cc1. The standard InChI is InChI=1S/C26H25N3/c1-19-11-13-20(14-12-19)26-17-22(28-29(26)23-7-3-2-4-8-23)16-15-21-18-27-25-10-6-5-9-24(21)25/h2-14,18,26-27H,15-17H2,1H3. The lowest BCUT2D eigenvalue weighted by molar-refractivity contribution is 0.707. The number of rotatable bonds is 5. The summed E-state index contributed by atoms with van der Waals surface area (Å²) in [5, 5.41) is 8.58. The maximum atomic E-state index is 5.06. The highest BCUT2D eigenvalue weighted by Gasteiger charge is 2.28. The summed E-state index contributed by atoms with van der Waals surface area (Å²) in [5.41, 5.74) is 7.61. The minimum atomic E-state index is 0.260. The van der Waals surface area contributed by atoms with Crippen LogP contribution >= 0.6 is 0 Å². The first-order valence-corrected chi connectivity index (χ1v) is 10.3. The summed E-state index contributed by atoms with van der Waals surface area (Å²) in [4.78, 5) is 3.39. The van der Waals surface area contributed by atoms with E-state index in [9.17, 15) is 0 Å². The lowest BCUT2D eigenvalue weighted by Crippen LogP contribution is -2.18. The van der Waals surface area contributed by atoms with Crippen LogP contribution in [0.2, 0.25) is 0 Å². The molecule has 0 saturated carbocycles. The molecular weight excluding hydrogens is 354 g/mol. The zero-order chi connectivity index (χ0) is 19.6. The van der Waals surface area contributed by atoms with E-state index in [2.05, 4.69) is 102 Å². The van der Waals surface area contributed by atoms with E-state index >= 15 is 0 Å². The molecule has 29 heavy (non-hydrogen) atoms. The Hall–Kier alpha value is -3.33. The van der Waals surface area contributed by atoms with Crippen LogP contribution in [0.25, 0.3) is 10.9 Å². The van der Waals surface area contributed by atoms with Crippen LogP contribution in [0.15, 0.2) is 90.2 Å². The minimum Gasteiger partial charge on any atom is -0.361 e. The van der Waals surface area contributed by atoms with E-state index in [4.69, 9.17) is 5.10 Å². The Balaban J connectivity index is 1.40. The van der Waals surface area contributed by atoms with E-state index in [1.807, 2.05) is 0 Å². The number of aromatic nitrogens is 1. The van der Waals surface area contributed by atoms with Crippen LogP contribution in [0, 0.1) is 6.92 Å². The lowest BCUT2D eigenvalue weighted by atomic mass is 9.97. The average molecular weight is 380 g/mol. The number of aryl methyl sites for hydroxylation is 2. The maximum Gasteiger partial charge on any atom is 0.0828 e. The van der Waals surface area contributed by atoms with Crippen LogP contribution in [0.1, 0.15) is 35.6 Å². The number of benzene rings is 3. The van der Waals surface area contributed by atoms with Gasteiger partial charge in [-0.05, 0) is 49.1 Å². The Kier molecular flexibility index (Phi) is 4.65. The molecule has 1 atom stereocenters. The fourth-order valence-corrected chi connectivity index (χ4v) is 4.21. The Bertz CT molecular complexity index is 1140. The van der Waals surface area contributed by atoms with E-state index in [1.165, 1.54) is 33.3 Å². The monoisotopic (exact) mass is 379 g/mol. The molecule has 2 heterocycles. The first kappa shape index (κ1) is 17.7. The number of anilines is 1. The normalized spacial score (nSPS) is 16.4. The molecule has 3 nitrogen and oxygen atoms in total. The molecule has 0 bridgehead atoms. The summed E-state index contributed by atoms with van der Waals surface area (Å²) >= 11 is 0. The van der Waals surface area contributed by atoms with Crippen molar-refractivity contribution in [1.29, 1.82) is 0 Å². The zero-order valence-electron chi connectivity index (χ0n) is 16.7. The summed E-state index contributed by atoms with van der Waals surface area (Å²) in [7, 11) is 0. The molecule has 4 aromatic rings. The van der Waals surface area contributed by atoms with Crippen molar-refractivity contribution in [2.45, 2.75) is 32.2 Å². The van der Waals surface area contributed by atoms with Crippen molar-refractivity contribution in [3.05, 3.63) is 102 Å². The van der Waals surface area contributed by atoms with Gasteiger partial charge in [0.25, 0.3) is 0 Å². The molecule has 3 heteroatoms. The van der Waals surface area contributed by atoms with Gasteiger partial charge in [-0.2, -0.15) is 5.10 Å². The smallest absolute Gasteiger partial charge is 0.0828 e. The minimum absolute atomic E-state index is 0.260. The molecule has 3 aromatic carbocycles. The van der Waals surface area contributed by atoms with Crippen LogP contribution in [-0.2, 0) is 6.42 Å². The summed E-state index contributed by atoms with van der Waals surface area (Å²) in [5.74, 6) is 0. The van der Waals surface area contributed by atoms with Crippen LogP contribution < -0.4 is 5.01 Å². The second-order valence-electron chi connectivity index (χ2n) is 7.84. The van der Waals surface area contributed by atoms with Crippen LogP contribution in [0.3, 0.4) is 0 Å². The van der Waals surface area contributed by atoms with Gasteiger partial charge in [-0.1, -0.05) is 66.2 Å². The second-order valence-corrected chi connectivity index (χ2v) is 7.84. The van der Waals surface area contributed by atoms with E-state index in [0.717, 1.165) is 24.9 Å². The summed E-state index contributed by atoms with van der Waals surface area (Å²) in [6, 6.07) is 28.2. The van der Waals surface area contributed by atoms with E-state index in [-0.39, 0.29) is 6.04 Å². The number of hydrogen-bond donors (Lipinski definition) is 1. The summed E-state index contributed by atoms with van der Waals surface area (Å²) in [6.07, 6.45) is 5.10. The number of aromatic amines is 1. The Morgan fingerprint density at radius 1 is 0.897 bits per heavy atom. The van der Waals surface area contributed by atoms with Gasteiger partial charge in [0.05, 0.1) is 11.7 Å². The highest BCUT2D eigenvalue weighted by molar-refractivity contribution is 5.90. The van der Waals surface area contributed by atoms with Gasteiger partial charge in [0, 0.05) is 29.2 Å². The van der Waals surface area contributed by atoms with Crippen molar-refractivity contribution >= 4 is 22.3 Å². The Morgan fingerprint density at radius 2 is 1.66 bits per heavy atom. The van der Waals surface area contributed by atoms with Crippen molar-refractivity contribution in [3.8, 4) is 0 Å². The first-order chi connectivity index (χ1) is 14.3. The quantitative estimate of drug-likeness (QED) is 0.426. The predicted molar refractivity (Wildman–Crippen MR) is 122 cm³/mol. The molecule has 5 rings (SSSR count). The summed E-state index contributed by atoms with van der Waals surface area (Å²) < 4.78 is 0. The van der Waals surface area contributed by atoms with Gasteiger partial charge in [0.1, 0.15) is 0 Å². The zero-order valence-corrected chi connectivity index (χ0v) is 16.7. The molecule has 0 saturated heterocycles. The second kappa shape index (κ2) is 7.59. The summed E-state index contributed by atoms with van der Waals surface area (Å²) in [6.45, 7) is 2.14. The molecule has 0 fully saturated rings. The molecule has 1 unspecified atom stereocenters. The van der Waals surface area contributed by atoms with Gasteiger partial charge < -0.3 is 4.98 Å². The van der Waals surface area contributed by atoms with Gasteiger partial charge in [0.2, 0.25) is 0 Å². The van der Waals surface area contributed by atoms with Gasteiger partial charge in [-0.15, -0.1) is 0 Å². The maximum absolute atomic E-state index is 5.06. The predicted octanol–water partition coefficient (Wildman–Crippen LogP) is 6.42. The van der Waals surface area contributed by atoms with Crippen LogP contribution in [-0.4, -0.2) is 10.7 Å². The third kappa shape index (κ3) is 3.56. The molecule has 0 spiro atoms. The van der Waals surface area contributed by atoms with Crippen molar-refractivity contribution in [2.24, 2.45) is 5.10 Å². The fourth-order valence-electron chi connectivity index (χ4n) is 4.21. The number of nitrogens with one attached hydrogen (secondary N) is 1. The van der Waals surface area contributed by atoms with E-state index in [1.54, 1.807) is 0 Å². The third-order valence-corrected chi connectivity index (χ3v) is 5.81. The molecular formula is C26H25N3. The van der Waals surface area contributed by atoms with E-state index in [0.29, 0.717) is 0 Å². The van der Waals surface area contributed by atoms with Gasteiger partial charge >= 0.3 is 0 Å². The molecule has 144 valence electrons. The van der Waals surface area contributed by atoms with Gasteiger partial charge in [-0.25, -0.2) is 0 Å². The topological polar surface area (TPSA) is 31.4 Å². The van der Waals surface area contributed by atoms with Gasteiger partial charge in [-0.3, -0.25) is 5.01 Å². The highest BCUT2D eigenvalue weighted by Crippen LogP contribution is 2.36. The van der Waals surface area contributed by atoms with Gasteiger partial charge in [0.15, 0.2) is 0 Å². The van der Waals surface area contributed by atoms with E-state index < -0.39 is 0 Å². The molecule has 0 radical (unpaired) electrons. The van der Waals surface area contributed by atoms with Crippen LogP contribution in [0.4, 0.5) is 5.69 Å². The lowest BCUT2D eigenvalue weighted by Gasteiger charge is -2.24. The number of hydrogen-bond acceptors (Lipinski definition) is 2. The highest BCUT2D eigenvalue weighted by atomic mass is 15.5. The molecule has 1 N–H and O–H groups in total. The average Bonchev–Trinajstić information content (AvgIpc) is 3.38. The number of hydrazone groups is 1. The largest absolute Gasteiger partial charge is 0.361 e. The third-order valence-electron chi connectivity index (χ3n) is 5.81. The molecule has 0 amide bonds. The Labute approximate surface area is 171 Å². The molecule has 0 aliphatic carbocycles. The number of H-pyrrole nitrogens is 1. The molecule has 1 aromatic heterocycles. The van der Waals surface area contributed by atoms with Crippen molar-refractivity contribution in [1.82, 2.24) is 4.98 Å². The first-order valence-electron chi connectivity index (χ1n) is 10.3. The molecule has 1 aliphatic rings. The van der Waals surface area contributed by atoms with Crippen molar-refractivity contribution < 1.29 is 0 Å². The number of fused-ring (bicyclic) bond motifs is 1. The fraction of sp³-hybridized carbons (Fsp3) is 0.192. The van der Waals surface area contributed by atoms with Crippen LogP contribution in [0.5, 0.6) is 0 Å². The molecule has 1 aliphatic heterocycles. The van der Waals surface area contributed by atoms with Crippen molar-refractivity contribution in [3.63, 3.8) is 0 Å². The van der Waals surface area contributed by atoms with Crippen molar-refractivity contribution in [2.75, 3.05) is 5.01 Å². The Morgan fingerprint density at radius 3 is 2.48 bits per heavy atom. The number of nitrogens with zero attached hydrogens (tertiary/aromatic N) is 2.